The molecule has 1 aromatic carbocycles. The fraction of sp³-hybridized carbons (Fsp3) is 0.286. The highest BCUT2D eigenvalue weighted by molar-refractivity contribution is 9.10. The SMILES string of the molecule is Cc1ccc(CNCCOc2ccc(Cl)cc2Br)s1. The van der Waals surface area contributed by atoms with Crippen LogP contribution in [0, 0.1) is 6.92 Å². The number of benzene rings is 1. The van der Waals surface area contributed by atoms with Gasteiger partial charge < -0.3 is 10.1 Å². The Balaban J connectivity index is 1.69. The summed E-state index contributed by atoms with van der Waals surface area (Å²) >= 11 is 11.1. The standard InChI is InChI=1S/C14H15BrClNOS/c1-10-2-4-12(19-10)9-17-6-7-18-14-5-3-11(16)8-13(14)15/h2-5,8,17H,6-7,9H2,1H3. The summed E-state index contributed by atoms with van der Waals surface area (Å²) in [6.07, 6.45) is 0. The summed E-state index contributed by atoms with van der Waals surface area (Å²) in [5, 5.41) is 4.06. The number of ether oxygens (including phenoxy) is 1. The molecule has 2 aromatic rings. The van der Waals surface area contributed by atoms with Crippen LogP contribution in [0.3, 0.4) is 0 Å². The van der Waals surface area contributed by atoms with Gasteiger partial charge in [0.1, 0.15) is 12.4 Å². The minimum Gasteiger partial charge on any atom is -0.491 e. The second-order valence-electron chi connectivity index (χ2n) is 4.11. The van der Waals surface area contributed by atoms with E-state index in [0.29, 0.717) is 11.6 Å². The van der Waals surface area contributed by atoms with E-state index >= 15 is 0 Å². The predicted octanol–water partition coefficient (Wildman–Crippen LogP) is 4.64. The number of rotatable bonds is 6. The van der Waals surface area contributed by atoms with Gasteiger partial charge in [-0.25, -0.2) is 0 Å². The first-order valence-corrected chi connectivity index (χ1v) is 7.98. The van der Waals surface area contributed by atoms with Gasteiger partial charge in [0.25, 0.3) is 0 Å². The molecule has 0 aliphatic carbocycles. The van der Waals surface area contributed by atoms with Crippen molar-refractivity contribution in [3.63, 3.8) is 0 Å². The summed E-state index contributed by atoms with van der Waals surface area (Å²) in [5.74, 6) is 0.818. The molecule has 0 aliphatic rings. The van der Waals surface area contributed by atoms with E-state index in [0.717, 1.165) is 23.3 Å². The lowest BCUT2D eigenvalue weighted by Crippen LogP contribution is -2.20. The first kappa shape index (κ1) is 14.9. The van der Waals surface area contributed by atoms with Gasteiger partial charge >= 0.3 is 0 Å². The van der Waals surface area contributed by atoms with Gasteiger partial charge in [0.15, 0.2) is 0 Å². The van der Waals surface area contributed by atoms with E-state index in [-0.39, 0.29) is 0 Å². The molecule has 0 bridgehead atoms. The zero-order valence-corrected chi connectivity index (χ0v) is 13.7. The number of hydrogen-bond acceptors (Lipinski definition) is 3. The lowest BCUT2D eigenvalue weighted by atomic mass is 10.3. The van der Waals surface area contributed by atoms with Crippen molar-refractivity contribution in [1.82, 2.24) is 5.32 Å². The van der Waals surface area contributed by atoms with Crippen molar-refractivity contribution >= 4 is 38.9 Å². The van der Waals surface area contributed by atoms with Crippen molar-refractivity contribution < 1.29 is 4.74 Å². The number of nitrogens with one attached hydrogen (secondary N) is 1. The third-order valence-electron chi connectivity index (χ3n) is 2.53. The van der Waals surface area contributed by atoms with E-state index in [4.69, 9.17) is 16.3 Å². The molecular weight excluding hydrogens is 346 g/mol. The fourth-order valence-corrected chi connectivity index (χ4v) is 3.27. The van der Waals surface area contributed by atoms with Crippen molar-refractivity contribution in [2.75, 3.05) is 13.2 Å². The Morgan fingerprint density at radius 2 is 2.16 bits per heavy atom. The maximum absolute atomic E-state index is 5.87. The summed E-state index contributed by atoms with van der Waals surface area (Å²) in [4.78, 5) is 2.70. The van der Waals surface area contributed by atoms with Crippen molar-refractivity contribution in [2.45, 2.75) is 13.5 Å². The van der Waals surface area contributed by atoms with Gasteiger partial charge in [0, 0.05) is 27.9 Å². The molecule has 0 spiro atoms. The van der Waals surface area contributed by atoms with Crippen molar-refractivity contribution in [3.05, 3.63) is 49.6 Å². The summed E-state index contributed by atoms with van der Waals surface area (Å²) in [6, 6.07) is 9.82. The van der Waals surface area contributed by atoms with Crippen LogP contribution in [-0.2, 0) is 6.54 Å². The van der Waals surface area contributed by atoms with Crippen LogP contribution in [-0.4, -0.2) is 13.2 Å². The molecule has 102 valence electrons. The Hall–Kier alpha value is -0.550. The lowest BCUT2D eigenvalue weighted by molar-refractivity contribution is 0.312. The number of hydrogen-bond donors (Lipinski definition) is 1. The molecule has 5 heteroatoms. The van der Waals surface area contributed by atoms with Crippen molar-refractivity contribution in [2.24, 2.45) is 0 Å². The highest BCUT2D eigenvalue weighted by atomic mass is 79.9. The highest BCUT2D eigenvalue weighted by Crippen LogP contribution is 2.27. The Labute approximate surface area is 130 Å². The van der Waals surface area contributed by atoms with Gasteiger partial charge in [-0.3, -0.25) is 0 Å². The molecule has 1 heterocycles. The van der Waals surface area contributed by atoms with E-state index in [1.54, 1.807) is 0 Å². The molecule has 0 aliphatic heterocycles. The summed E-state index contributed by atoms with van der Waals surface area (Å²) < 4.78 is 6.55. The molecule has 0 saturated carbocycles. The van der Waals surface area contributed by atoms with Gasteiger partial charge in [-0.2, -0.15) is 0 Å². The molecule has 2 rings (SSSR count). The molecule has 19 heavy (non-hydrogen) atoms. The predicted molar refractivity (Wildman–Crippen MR) is 85.4 cm³/mol. The van der Waals surface area contributed by atoms with Crippen LogP contribution in [0.5, 0.6) is 5.75 Å². The monoisotopic (exact) mass is 359 g/mol. The van der Waals surface area contributed by atoms with Crippen LogP contribution in [0.15, 0.2) is 34.8 Å². The molecule has 1 aromatic heterocycles. The van der Waals surface area contributed by atoms with Gasteiger partial charge in [-0.1, -0.05) is 11.6 Å². The van der Waals surface area contributed by atoms with Crippen molar-refractivity contribution in [1.29, 1.82) is 0 Å². The molecule has 0 amide bonds. The molecule has 0 radical (unpaired) electrons. The molecule has 0 fully saturated rings. The smallest absolute Gasteiger partial charge is 0.133 e. The molecule has 0 saturated heterocycles. The van der Waals surface area contributed by atoms with E-state index < -0.39 is 0 Å². The van der Waals surface area contributed by atoms with Crippen LogP contribution < -0.4 is 10.1 Å². The Morgan fingerprint density at radius 1 is 1.32 bits per heavy atom. The lowest BCUT2D eigenvalue weighted by Gasteiger charge is -2.09. The second-order valence-corrected chi connectivity index (χ2v) is 6.78. The van der Waals surface area contributed by atoms with Crippen LogP contribution >= 0.6 is 38.9 Å². The number of aryl methyl sites for hydroxylation is 1. The Morgan fingerprint density at radius 3 is 2.84 bits per heavy atom. The first-order chi connectivity index (χ1) is 9.15. The third-order valence-corrected chi connectivity index (χ3v) is 4.38. The van der Waals surface area contributed by atoms with Gasteiger partial charge in [0.2, 0.25) is 0 Å². The number of halogens is 2. The minimum atomic E-state index is 0.630. The third kappa shape index (κ3) is 4.80. The van der Waals surface area contributed by atoms with Crippen LogP contribution in [0.25, 0.3) is 0 Å². The maximum Gasteiger partial charge on any atom is 0.133 e. The van der Waals surface area contributed by atoms with Crippen LogP contribution in [0.4, 0.5) is 0 Å². The molecule has 1 N–H and O–H groups in total. The number of thiophene rings is 1. The van der Waals surface area contributed by atoms with E-state index in [1.165, 1.54) is 9.75 Å². The Bertz CT molecular complexity index is 544. The Kier molecular flexibility index (Phi) is 5.70. The first-order valence-electron chi connectivity index (χ1n) is 5.99. The van der Waals surface area contributed by atoms with E-state index in [2.05, 4.69) is 40.3 Å². The summed E-state index contributed by atoms with van der Waals surface area (Å²) in [5.41, 5.74) is 0. The normalized spacial score (nSPS) is 10.7. The zero-order valence-electron chi connectivity index (χ0n) is 10.6. The average Bonchev–Trinajstić information content (AvgIpc) is 2.77. The fourth-order valence-electron chi connectivity index (χ4n) is 1.62. The minimum absolute atomic E-state index is 0.630. The van der Waals surface area contributed by atoms with Crippen LogP contribution in [0.1, 0.15) is 9.75 Å². The highest BCUT2D eigenvalue weighted by Gasteiger charge is 2.01. The maximum atomic E-state index is 5.87. The topological polar surface area (TPSA) is 21.3 Å². The van der Waals surface area contributed by atoms with Crippen LogP contribution in [0.2, 0.25) is 5.02 Å². The molecule has 0 atom stereocenters. The zero-order chi connectivity index (χ0) is 13.7. The molecular formula is C14H15BrClNOS. The average molecular weight is 361 g/mol. The summed E-state index contributed by atoms with van der Waals surface area (Å²) in [6.45, 7) is 4.45. The van der Waals surface area contributed by atoms with Gasteiger partial charge in [-0.15, -0.1) is 11.3 Å². The largest absolute Gasteiger partial charge is 0.491 e. The van der Waals surface area contributed by atoms with Gasteiger partial charge in [0.05, 0.1) is 4.47 Å². The van der Waals surface area contributed by atoms with E-state index in [9.17, 15) is 0 Å². The van der Waals surface area contributed by atoms with Crippen molar-refractivity contribution in [3.8, 4) is 5.75 Å². The molecule has 0 unspecified atom stereocenters. The van der Waals surface area contributed by atoms with E-state index in [1.807, 2.05) is 29.5 Å². The molecule has 2 nitrogen and oxygen atoms in total. The second kappa shape index (κ2) is 7.29. The van der Waals surface area contributed by atoms with Gasteiger partial charge in [-0.05, 0) is 53.2 Å². The quantitative estimate of drug-likeness (QED) is 0.758. The summed E-state index contributed by atoms with van der Waals surface area (Å²) in [7, 11) is 0.